The number of nitrogens with two attached hydrogens (primary N) is 2. The summed E-state index contributed by atoms with van der Waals surface area (Å²) in [7, 11) is 0. The fraction of sp³-hybridized carbons (Fsp3) is 0.300. The zero-order valence-corrected chi connectivity index (χ0v) is 9.43. The van der Waals surface area contributed by atoms with E-state index in [1.165, 1.54) is 0 Å². The number of amides is 1. The zero-order valence-electron chi connectivity index (χ0n) is 8.62. The second kappa shape index (κ2) is 5.63. The summed E-state index contributed by atoms with van der Waals surface area (Å²) in [6.45, 7) is 1.96. The maximum atomic E-state index is 10.9. The molecule has 1 aromatic rings. The smallest absolute Gasteiger partial charge is 0.234 e. The number of nitrogens with one attached hydrogen (secondary N) is 1. The van der Waals surface area contributed by atoms with Crippen molar-refractivity contribution < 1.29 is 4.79 Å². The van der Waals surface area contributed by atoms with Crippen molar-refractivity contribution >= 4 is 23.4 Å². The molecule has 0 unspecified atom stereocenters. The lowest BCUT2D eigenvalue weighted by molar-refractivity contribution is -0.120. The first-order valence-electron chi connectivity index (χ1n) is 4.62. The number of carbonyl (C=O) groups excluding carboxylic acids is 1. The van der Waals surface area contributed by atoms with Crippen LogP contribution in [0.15, 0.2) is 23.1 Å². The van der Waals surface area contributed by atoms with Gasteiger partial charge in [-0.25, -0.2) is 5.84 Å². The Hall–Kier alpha value is -1.20. The molecule has 0 aliphatic heterocycles. The second-order valence-electron chi connectivity index (χ2n) is 3.18. The van der Waals surface area contributed by atoms with Gasteiger partial charge in [-0.05, 0) is 30.7 Å². The highest BCUT2D eigenvalue weighted by Gasteiger charge is 2.00. The van der Waals surface area contributed by atoms with Gasteiger partial charge in [-0.2, -0.15) is 0 Å². The van der Waals surface area contributed by atoms with Gasteiger partial charge in [0, 0.05) is 22.8 Å². The average Bonchev–Trinajstić information content (AvgIpc) is 2.23. The topological polar surface area (TPSA) is 81.1 Å². The third-order valence-electron chi connectivity index (χ3n) is 2.00. The molecule has 82 valence electrons. The minimum absolute atomic E-state index is 0.144. The SMILES string of the molecule is Cc1cc(SCCC(=O)NN)ccc1N. The molecule has 15 heavy (non-hydrogen) atoms. The minimum atomic E-state index is -0.144. The Balaban J connectivity index is 2.44. The summed E-state index contributed by atoms with van der Waals surface area (Å²) in [5.74, 6) is 5.54. The van der Waals surface area contributed by atoms with Crippen molar-refractivity contribution in [1.82, 2.24) is 5.43 Å². The van der Waals surface area contributed by atoms with Gasteiger partial charge in [0.05, 0.1) is 0 Å². The van der Waals surface area contributed by atoms with Gasteiger partial charge < -0.3 is 5.73 Å². The van der Waals surface area contributed by atoms with Gasteiger partial charge in [0.1, 0.15) is 0 Å². The van der Waals surface area contributed by atoms with E-state index in [4.69, 9.17) is 11.6 Å². The van der Waals surface area contributed by atoms with E-state index >= 15 is 0 Å². The van der Waals surface area contributed by atoms with Gasteiger partial charge in [-0.1, -0.05) is 0 Å². The van der Waals surface area contributed by atoms with Crippen molar-refractivity contribution in [3.05, 3.63) is 23.8 Å². The number of rotatable bonds is 4. The molecule has 0 spiro atoms. The molecule has 0 aliphatic rings. The van der Waals surface area contributed by atoms with Crippen molar-refractivity contribution in [2.24, 2.45) is 5.84 Å². The van der Waals surface area contributed by atoms with Crippen LogP contribution in [0.3, 0.4) is 0 Å². The average molecular weight is 225 g/mol. The molecule has 0 heterocycles. The fourth-order valence-corrected chi connectivity index (χ4v) is 2.02. The number of hydrazine groups is 1. The highest BCUT2D eigenvalue weighted by molar-refractivity contribution is 7.99. The van der Waals surface area contributed by atoms with E-state index < -0.39 is 0 Å². The Labute approximate surface area is 93.4 Å². The zero-order chi connectivity index (χ0) is 11.3. The molecule has 0 atom stereocenters. The van der Waals surface area contributed by atoms with Crippen LogP contribution in [0, 0.1) is 6.92 Å². The first-order valence-corrected chi connectivity index (χ1v) is 5.60. The molecule has 5 heteroatoms. The summed E-state index contributed by atoms with van der Waals surface area (Å²) in [5, 5.41) is 0. The quantitative estimate of drug-likeness (QED) is 0.235. The largest absolute Gasteiger partial charge is 0.399 e. The van der Waals surface area contributed by atoms with Gasteiger partial charge in [-0.15, -0.1) is 11.8 Å². The minimum Gasteiger partial charge on any atom is -0.399 e. The molecule has 5 N–H and O–H groups in total. The predicted octanol–water partition coefficient (Wildman–Crippen LogP) is 1.05. The van der Waals surface area contributed by atoms with Crippen LogP contribution in [-0.4, -0.2) is 11.7 Å². The van der Waals surface area contributed by atoms with Crippen molar-refractivity contribution in [2.45, 2.75) is 18.2 Å². The third-order valence-corrected chi connectivity index (χ3v) is 3.00. The van der Waals surface area contributed by atoms with E-state index in [0.29, 0.717) is 12.2 Å². The standard InChI is InChI=1S/C10H15N3OS/c1-7-6-8(2-3-9(7)11)15-5-4-10(14)13-12/h2-3,6H,4-5,11-12H2,1H3,(H,13,14). The van der Waals surface area contributed by atoms with E-state index in [2.05, 4.69) is 5.43 Å². The Kier molecular flexibility index (Phi) is 4.45. The van der Waals surface area contributed by atoms with Gasteiger partial charge in [0.25, 0.3) is 0 Å². The molecule has 0 bridgehead atoms. The third kappa shape index (κ3) is 3.81. The number of hydrogen-bond donors (Lipinski definition) is 3. The Bertz CT molecular complexity index is 355. The molecule has 0 radical (unpaired) electrons. The highest BCUT2D eigenvalue weighted by Crippen LogP contribution is 2.22. The highest BCUT2D eigenvalue weighted by atomic mass is 32.2. The van der Waals surface area contributed by atoms with E-state index in [1.807, 2.05) is 25.1 Å². The van der Waals surface area contributed by atoms with Gasteiger partial charge in [0.2, 0.25) is 5.91 Å². The molecule has 4 nitrogen and oxygen atoms in total. The first kappa shape index (κ1) is 11.9. The van der Waals surface area contributed by atoms with Crippen molar-refractivity contribution in [2.75, 3.05) is 11.5 Å². The van der Waals surface area contributed by atoms with E-state index in [1.54, 1.807) is 11.8 Å². The van der Waals surface area contributed by atoms with Crippen molar-refractivity contribution in [3.63, 3.8) is 0 Å². The molecular weight excluding hydrogens is 210 g/mol. The summed E-state index contributed by atoms with van der Waals surface area (Å²) >= 11 is 1.62. The normalized spacial score (nSPS) is 10.0. The van der Waals surface area contributed by atoms with Crippen LogP contribution in [0.1, 0.15) is 12.0 Å². The summed E-state index contributed by atoms with van der Waals surface area (Å²) in [5.41, 5.74) is 9.65. The van der Waals surface area contributed by atoms with Crippen LogP contribution in [0.25, 0.3) is 0 Å². The fourth-order valence-electron chi connectivity index (χ4n) is 1.07. The predicted molar refractivity (Wildman–Crippen MR) is 63.3 cm³/mol. The van der Waals surface area contributed by atoms with E-state index in [-0.39, 0.29) is 5.91 Å². The van der Waals surface area contributed by atoms with Crippen molar-refractivity contribution in [1.29, 1.82) is 0 Å². The number of benzene rings is 1. The molecule has 0 fully saturated rings. The Morgan fingerprint density at radius 2 is 2.27 bits per heavy atom. The first-order chi connectivity index (χ1) is 7.13. The lowest BCUT2D eigenvalue weighted by atomic mass is 10.2. The number of anilines is 1. The number of carbonyl (C=O) groups is 1. The van der Waals surface area contributed by atoms with Gasteiger partial charge in [-0.3, -0.25) is 10.2 Å². The molecule has 0 aromatic heterocycles. The Morgan fingerprint density at radius 1 is 1.53 bits per heavy atom. The van der Waals surface area contributed by atoms with Gasteiger partial charge >= 0.3 is 0 Å². The summed E-state index contributed by atoms with van der Waals surface area (Å²) < 4.78 is 0. The molecular formula is C10H15N3OS. The lowest BCUT2D eigenvalue weighted by Crippen LogP contribution is -2.30. The van der Waals surface area contributed by atoms with Gasteiger partial charge in [0.15, 0.2) is 0 Å². The van der Waals surface area contributed by atoms with E-state index in [9.17, 15) is 4.79 Å². The Morgan fingerprint density at radius 3 is 2.87 bits per heavy atom. The second-order valence-corrected chi connectivity index (χ2v) is 4.35. The van der Waals surface area contributed by atoms with Crippen LogP contribution in [0.2, 0.25) is 0 Å². The number of hydrogen-bond acceptors (Lipinski definition) is 4. The summed E-state index contributed by atoms with van der Waals surface area (Å²) in [6, 6.07) is 5.84. The molecule has 0 aliphatic carbocycles. The van der Waals surface area contributed by atoms with Crippen molar-refractivity contribution in [3.8, 4) is 0 Å². The molecule has 1 rings (SSSR count). The summed E-state index contributed by atoms with van der Waals surface area (Å²) in [6.07, 6.45) is 0.421. The lowest BCUT2D eigenvalue weighted by Gasteiger charge is -2.04. The summed E-state index contributed by atoms with van der Waals surface area (Å²) in [4.78, 5) is 12.0. The van der Waals surface area contributed by atoms with Crippen LogP contribution in [-0.2, 0) is 4.79 Å². The molecule has 0 saturated heterocycles. The van der Waals surface area contributed by atoms with Crippen LogP contribution < -0.4 is 17.0 Å². The maximum Gasteiger partial charge on any atom is 0.234 e. The van der Waals surface area contributed by atoms with Crippen LogP contribution in [0.5, 0.6) is 0 Å². The molecule has 1 aromatic carbocycles. The number of nitrogen functional groups attached to an aromatic ring is 1. The maximum absolute atomic E-state index is 10.9. The van der Waals surface area contributed by atoms with Crippen LogP contribution >= 0.6 is 11.8 Å². The number of aryl methyl sites for hydroxylation is 1. The number of thioether (sulfide) groups is 1. The monoisotopic (exact) mass is 225 g/mol. The van der Waals surface area contributed by atoms with Crippen LogP contribution in [0.4, 0.5) is 5.69 Å². The molecule has 1 amide bonds. The molecule has 0 saturated carbocycles. The van der Waals surface area contributed by atoms with E-state index in [0.717, 1.165) is 16.1 Å².